The third-order valence-corrected chi connectivity index (χ3v) is 4.09. The average Bonchev–Trinajstić information content (AvgIpc) is 2.64. The van der Waals surface area contributed by atoms with Gasteiger partial charge in [-0.05, 0) is 41.0 Å². The Morgan fingerprint density at radius 1 is 1.08 bits per heavy atom. The van der Waals surface area contributed by atoms with E-state index < -0.39 is 30.2 Å². The van der Waals surface area contributed by atoms with E-state index >= 15 is 0 Å². The lowest BCUT2D eigenvalue weighted by Gasteiger charge is -2.23. The van der Waals surface area contributed by atoms with Gasteiger partial charge in [0.25, 0.3) is 0 Å². The van der Waals surface area contributed by atoms with E-state index in [2.05, 4.69) is 5.32 Å². The van der Waals surface area contributed by atoms with Crippen LogP contribution in [0.25, 0.3) is 0 Å². The Labute approximate surface area is 166 Å². The third-order valence-electron chi connectivity index (χ3n) is 3.77. The molecular weight excluding hydrogens is 453 g/mol. The molecule has 144 valence electrons. The van der Waals surface area contributed by atoms with Crippen LogP contribution in [-0.4, -0.2) is 34.8 Å². The summed E-state index contributed by atoms with van der Waals surface area (Å²) in [5.74, 6) is -1.53. The Hall–Kier alpha value is -1.84. The van der Waals surface area contributed by atoms with Crippen molar-refractivity contribution in [3.8, 4) is 0 Å². The van der Waals surface area contributed by atoms with Crippen LogP contribution in [0.2, 0.25) is 0 Å². The van der Waals surface area contributed by atoms with Crippen LogP contribution in [0.15, 0.2) is 30.3 Å². The molecule has 3 atom stereocenters. The zero-order valence-electron chi connectivity index (χ0n) is 15.1. The van der Waals surface area contributed by atoms with Crippen molar-refractivity contribution < 1.29 is 28.6 Å². The van der Waals surface area contributed by atoms with Crippen LogP contribution in [0.3, 0.4) is 0 Å². The number of benzene rings is 1. The molecule has 1 amide bonds. The summed E-state index contributed by atoms with van der Waals surface area (Å²) in [5.41, 5.74) is 0.834. The number of halogens is 1. The molecule has 1 unspecified atom stereocenters. The monoisotopic (exact) mass is 477 g/mol. The number of alkyl carbamates (subject to hydrolysis) is 1. The summed E-state index contributed by atoms with van der Waals surface area (Å²) in [4.78, 5) is 36.0. The fourth-order valence-electron chi connectivity index (χ4n) is 2.03. The van der Waals surface area contributed by atoms with Gasteiger partial charge in [-0.3, -0.25) is 0 Å². The molecule has 0 aliphatic rings. The summed E-state index contributed by atoms with van der Waals surface area (Å²) in [6.45, 7) is 5.20. The number of esters is 2. The van der Waals surface area contributed by atoms with E-state index in [0.717, 1.165) is 5.56 Å². The van der Waals surface area contributed by atoms with Crippen LogP contribution in [0.1, 0.15) is 32.8 Å². The standard InChI is InChI=1S/C18H24INO6/c1-4-12(2)15(17(22)26-13(3)16(21)25-11-19)20-18(23)24-10-14-8-6-5-7-9-14/h5-9,12-13,15H,4,10-11H2,1-3H3,(H,20,23)/t12-,13?,15-/m0/s1. The maximum atomic E-state index is 12.4. The van der Waals surface area contributed by atoms with Crippen molar-refractivity contribution in [2.24, 2.45) is 5.92 Å². The maximum Gasteiger partial charge on any atom is 0.408 e. The molecule has 0 heterocycles. The molecule has 26 heavy (non-hydrogen) atoms. The van der Waals surface area contributed by atoms with Gasteiger partial charge in [0.15, 0.2) is 6.10 Å². The van der Waals surface area contributed by atoms with Crippen LogP contribution in [0.5, 0.6) is 0 Å². The van der Waals surface area contributed by atoms with E-state index in [1.165, 1.54) is 6.92 Å². The highest BCUT2D eigenvalue weighted by molar-refractivity contribution is 14.1. The smallest absolute Gasteiger partial charge is 0.408 e. The van der Waals surface area contributed by atoms with Crippen LogP contribution in [0, 0.1) is 5.92 Å². The van der Waals surface area contributed by atoms with Crippen molar-refractivity contribution in [3.63, 3.8) is 0 Å². The second-order valence-electron chi connectivity index (χ2n) is 5.72. The van der Waals surface area contributed by atoms with Gasteiger partial charge < -0.3 is 19.5 Å². The van der Waals surface area contributed by atoms with Crippen molar-refractivity contribution in [1.29, 1.82) is 0 Å². The quantitative estimate of drug-likeness (QED) is 0.254. The van der Waals surface area contributed by atoms with Gasteiger partial charge >= 0.3 is 18.0 Å². The van der Waals surface area contributed by atoms with E-state index in [9.17, 15) is 14.4 Å². The van der Waals surface area contributed by atoms with Gasteiger partial charge in [0.05, 0.1) is 0 Å². The number of carbonyl (C=O) groups is 3. The van der Waals surface area contributed by atoms with E-state index in [1.807, 2.05) is 59.8 Å². The summed E-state index contributed by atoms with van der Waals surface area (Å²) >= 11 is 1.87. The maximum absolute atomic E-state index is 12.4. The molecule has 0 radical (unpaired) electrons. The zero-order chi connectivity index (χ0) is 19.5. The first kappa shape index (κ1) is 22.2. The highest BCUT2D eigenvalue weighted by atomic mass is 127. The lowest BCUT2D eigenvalue weighted by atomic mass is 9.99. The van der Waals surface area contributed by atoms with Crippen LogP contribution < -0.4 is 5.32 Å². The highest BCUT2D eigenvalue weighted by Crippen LogP contribution is 2.12. The predicted octanol–water partition coefficient (Wildman–Crippen LogP) is 3.19. The molecule has 0 spiro atoms. The minimum absolute atomic E-state index is 0.0906. The number of nitrogens with one attached hydrogen (secondary N) is 1. The number of ether oxygens (including phenoxy) is 3. The summed E-state index contributed by atoms with van der Waals surface area (Å²) in [7, 11) is 0. The lowest BCUT2D eigenvalue weighted by molar-refractivity contribution is -0.167. The number of alkyl halides is 1. The molecule has 1 rings (SSSR count). The van der Waals surface area contributed by atoms with Crippen LogP contribution in [0.4, 0.5) is 4.79 Å². The molecule has 0 bridgehead atoms. The Balaban J connectivity index is 2.63. The molecule has 1 aromatic rings. The average molecular weight is 477 g/mol. The van der Waals surface area contributed by atoms with Gasteiger partial charge in [-0.2, -0.15) is 0 Å². The first-order valence-electron chi connectivity index (χ1n) is 8.29. The van der Waals surface area contributed by atoms with E-state index in [4.69, 9.17) is 14.2 Å². The van der Waals surface area contributed by atoms with Gasteiger partial charge in [0, 0.05) is 0 Å². The highest BCUT2D eigenvalue weighted by Gasteiger charge is 2.31. The van der Waals surface area contributed by atoms with Crippen molar-refractivity contribution in [2.75, 3.05) is 4.61 Å². The molecule has 0 fully saturated rings. The van der Waals surface area contributed by atoms with E-state index in [-0.39, 0.29) is 17.1 Å². The van der Waals surface area contributed by atoms with Crippen molar-refractivity contribution in [3.05, 3.63) is 35.9 Å². The minimum Gasteiger partial charge on any atom is -0.452 e. The summed E-state index contributed by atoms with van der Waals surface area (Å²) < 4.78 is 15.2. The number of hydrogen-bond acceptors (Lipinski definition) is 6. The fourth-order valence-corrected chi connectivity index (χ4v) is 2.33. The van der Waals surface area contributed by atoms with Gasteiger partial charge in [0.1, 0.15) is 17.3 Å². The van der Waals surface area contributed by atoms with Gasteiger partial charge in [-0.15, -0.1) is 0 Å². The van der Waals surface area contributed by atoms with Gasteiger partial charge in [0.2, 0.25) is 0 Å². The molecular formula is C18H24INO6. The molecule has 0 aromatic heterocycles. The normalized spacial score (nSPS) is 13.8. The molecule has 1 N–H and O–H groups in total. The van der Waals surface area contributed by atoms with Crippen molar-refractivity contribution >= 4 is 40.6 Å². The first-order chi connectivity index (χ1) is 12.4. The zero-order valence-corrected chi connectivity index (χ0v) is 17.2. The van der Waals surface area contributed by atoms with Crippen molar-refractivity contribution in [1.82, 2.24) is 5.32 Å². The molecule has 7 nitrogen and oxygen atoms in total. The number of carbonyl (C=O) groups excluding carboxylic acids is 3. The fraction of sp³-hybridized carbons (Fsp3) is 0.500. The second-order valence-corrected chi connectivity index (χ2v) is 6.34. The summed E-state index contributed by atoms with van der Waals surface area (Å²) in [5, 5.41) is 2.52. The van der Waals surface area contributed by atoms with Crippen LogP contribution in [-0.2, 0) is 30.4 Å². The van der Waals surface area contributed by atoms with Crippen LogP contribution >= 0.6 is 22.6 Å². The second kappa shape index (κ2) is 11.7. The molecule has 1 aromatic carbocycles. The van der Waals surface area contributed by atoms with E-state index in [1.54, 1.807) is 6.92 Å². The number of hydrogen-bond donors (Lipinski definition) is 1. The van der Waals surface area contributed by atoms with Gasteiger partial charge in [-0.1, -0.05) is 50.6 Å². The molecule has 0 saturated heterocycles. The Kier molecular flexibility index (Phi) is 10.0. The minimum atomic E-state index is -1.05. The summed E-state index contributed by atoms with van der Waals surface area (Å²) in [6.07, 6.45) is -1.14. The van der Waals surface area contributed by atoms with Gasteiger partial charge in [-0.25, -0.2) is 14.4 Å². The Morgan fingerprint density at radius 2 is 1.73 bits per heavy atom. The number of amides is 1. The molecule has 0 saturated carbocycles. The lowest BCUT2D eigenvalue weighted by Crippen LogP contribution is -2.47. The first-order valence-corrected chi connectivity index (χ1v) is 9.81. The third kappa shape index (κ3) is 7.59. The molecule has 0 aliphatic heterocycles. The predicted molar refractivity (Wildman–Crippen MR) is 104 cm³/mol. The topological polar surface area (TPSA) is 90.9 Å². The van der Waals surface area contributed by atoms with Crippen molar-refractivity contribution in [2.45, 2.75) is 45.9 Å². The van der Waals surface area contributed by atoms with E-state index in [0.29, 0.717) is 6.42 Å². The Bertz CT molecular complexity index is 595. The SMILES string of the molecule is CC[C@H](C)[C@H](NC(=O)OCc1ccccc1)C(=O)OC(C)C(=O)OCI. The number of rotatable bonds is 9. The molecule has 0 aliphatic carbocycles. The Morgan fingerprint density at radius 3 is 2.31 bits per heavy atom. The summed E-state index contributed by atoms with van der Waals surface area (Å²) in [6, 6.07) is 8.28. The molecule has 8 heteroatoms. The largest absolute Gasteiger partial charge is 0.452 e.